The van der Waals surface area contributed by atoms with Crippen molar-refractivity contribution in [1.82, 2.24) is 20.1 Å². The summed E-state index contributed by atoms with van der Waals surface area (Å²) in [6, 6.07) is 0. The third-order valence-electron chi connectivity index (χ3n) is 1.70. The van der Waals surface area contributed by atoms with E-state index in [-0.39, 0.29) is 0 Å². The fourth-order valence-corrected chi connectivity index (χ4v) is 0.980. The van der Waals surface area contributed by atoms with Crippen molar-refractivity contribution < 1.29 is 0 Å². The van der Waals surface area contributed by atoms with E-state index >= 15 is 0 Å². The summed E-state index contributed by atoms with van der Waals surface area (Å²) in [6.07, 6.45) is 5.09. The number of nitrogens with one attached hydrogen (secondary N) is 2. The molecule has 0 spiro atoms. The Morgan fingerprint density at radius 3 is 2.85 bits per heavy atom. The fourth-order valence-electron chi connectivity index (χ4n) is 0.980. The van der Waals surface area contributed by atoms with Crippen LogP contribution in [0.3, 0.4) is 0 Å². The minimum absolute atomic E-state index is 0.543. The summed E-state index contributed by atoms with van der Waals surface area (Å²) >= 11 is 0. The second-order valence-electron chi connectivity index (χ2n) is 2.56. The predicted octanol–water partition coefficient (Wildman–Crippen LogP) is -0.420. The van der Waals surface area contributed by atoms with Crippen molar-refractivity contribution in [2.75, 3.05) is 18.9 Å². The lowest BCUT2D eigenvalue weighted by Crippen LogP contribution is -2.16. The van der Waals surface area contributed by atoms with Gasteiger partial charge in [0.25, 0.3) is 0 Å². The molecule has 0 aliphatic heterocycles. The number of aromatic nitrogens is 3. The van der Waals surface area contributed by atoms with E-state index in [1.807, 2.05) is 18.7 Å². The monoisotopic (exact) mass is 179 g/mol. The molecule has 13 heavy (non-hydrogen) atoms. The molecule has 5 heteroatoms. The quantitative estimate of drug-likeness (QED) is 0.487. The fraction of sp³-hybridized carbons (Fsp3) is 0.500. The number of hydrogen-bond donors (Lipinski definition) is 2. The summed E-state index contributed by atoms with van der Waals surface area (Å²) in [5, 5.41) is 13.9. The first-order chi connectivity index (χ1) is 6.29. The minimum atomic E-state index is 0.543. The molecule has 5 nitrogen and oxygen atoms in total. The van der Waals surface area contributed by atoms with E-state index in [9.17, 15) is 0 Å². The molecular weight excluding hydrogens is 166 g/mol. The average molecular weight is 179 g/mol. The Hall–Kier alpha value is -1.54. The number of hydrogen-bond acceptors (Lipinski definition) is 4. The van der Waals surface area contributed by atoms with Gasteiger partial charge in [0.15, 0.2) is 0 Å². The van der Waals surface area contributed by atoms with Crippen LogP contribution < -0.4 is 10.6 Å². The Bertz CT molecular complexity index is 309. The van der Waals surface area contributed by atoms with Crippen LogP contribution in [0.4, 0.5) is 5.95 Å². The number of terminal acetylenes is 1. The topological polar surface area (TPSA) is 54.8 Å². The van der Waals surface area contributed by atoms with Crippen LogP contribution in [-0.2, 0) is 13.6 Å². The van der Waals surface area contributed by atoms with Crippen molar-refractivity contribution in [1.29, 1.82) is 0 Å². The second kappa shape index (κ2) is 4.48. The molecule has 1 rings (SSSR count). The van der Waals surface area contributed by atoms with Gasteiger partial charge >= 0.3 is 0 Å². The van der Waals surface area contributed by atoms with E-state index in [4.69, 9.17) is 6.42 Å². The molecule has 0 saturated carbocycles. The van der Waals surface area contributed by atoms with Crippen molar-refractivity contribution in [2.45, 2.75) is 6.54 Å². The van der Waals surface area contributed by atoms with Crippen molar-refractivity contribution in [2.24, 2.45) is 7.05 Å². The molecule has 0 aromatic carbocycles. The molecule has 0 unspecified atom stereocenters. The summed E-state index contributed by atoms with van der Waals surface area (Å²) < 4.78 is 1.88. The van der Waals surface area contributed by atoms with E-state index in [1.165, 1.54) is 0 Å². The molecule has 0 radical (unpaired) electrons. The molecule has 1 aromatic rings. The van der Waals surface area contributed by atoms with Crippen LogP contribution >= 0.6 is 0 Å². The normalized spacial score (nSPS) is 9.62. The third kappa shape index (κ3) is 2.20. The van der Waals surface area contributed by atoms with E-state index in [1.54, 1.807) is 0 Å². The lowest BCUT2D eigenvalue weighted by molar-refractivity contribution is 0.685. The van der Waals surface area contributed by atoms with Crippen LogP contribution in [0.5, 0.6) is 0 Å². The highest BCUT2D eigenvalue weighted by molar-refractivity contribution is 5.23. The Morgan fingerprint density at radius 1 is 1.54 bits per heavy atom. The lowest BCUT2D eigenvalue weighted by atomic mass is 10.5. The van der Waals surface area contributed by atoms with Gasteiger partial charge in [-0.25, -0.2) is 0 Å². The largest absolute Gasteiger partial charge is 0.357 e. The first-order valence-electron chi connectivity index (χ1n) is 3.99. The lowest BCUT2D eigenvalue weighted by Gasteiger charge is -2.02. The minimum Gasteiger partial charge on any atom is -0.357 e. The van der Waals surface area contributed by atoms with Gasteiger partial charge in [-0.3, -0.25) is 9.88 Å². The predicted molar refractivity (Wildman–Crippen MR) is 51.1 cm³/mol. The molecular formula is C8H13N5. The van der Waals surface area contributed by atoms with Crippen molar-refractivity contribution in [3.05, 3.63) is 5.82 Å². The van der Waals surface area contributed by atoms with Gasteiger partial charge < -0.3 is 5.32 Å². The smallest absolute Gasteiger partial charge is 0.224 e. The van der Waals surface area contributed by atoms with Gasteiger partial charge in [0.2, 0.25) is 5.95 Å². The van der Waals surface area contributed by atoms with Crippen molar-refractivity contribution >= 4 is 5.95 Å². The highest BCUT2D eigenvalue weighted by Gasteiger charge is 2.04. The number of rotatable bonds is 4. The maximum Gasteiger partial charge on any atom is 0.224 e. The Morgan fingerprint density at radius 2 is 2.31 bits per heavy atom. The molecule has 0 atom stereocenters. The van der Waals surface area contributed by atoms with Crippen LogP contribution in [-0.4, -0.2) is 28.4 Å². The maximum atomic E-state index is 5.09. The Labute approximate surface area is 77.5 Å². The van der Waals surface area contributed by atoms with Gasteiger partial charge in [-0.1, -0.05) is 5.92 Å². The number of anilines is 1. The summed E-state index contributed by atoms with van der Waals surface area (Å²) in [6.45, 7) is 1.18. The first kappa shape index (κ1) is 9.55. The van der Waals surface area contributed by atoms with Crippen LogP contribution in [0.25, 0.3) is 0 Å². The highest BCUT2D eigenvalue weighted by Crippen LogP contribution is 2.02. The van der Waals surface area contributed by atoms with Gasteiger partial charge in [0.1, 0.15) is 5.82 Å². The molecule has 2 N–H and O–H groups in total. The molecule has 70 valence electrons. The van der Waals surface area contributed by atoms with Crippen LogP contribution in [0.15, 0.2) is 0 Å². The Kier molecular flexibility index (Phi) is 3.29. The highest BCUT2D eigenvalue weighted by atomic mass is 15.3. The SMILES string of the molecule is C#CCNCc1nnc(NC)n1C. The summed E-state index contributed by atoms with van der Waals surface area (Å²) in [5.74, 6) is 4.10. The maximum absolute atomic E-state index is 5.09. The van der Waals surface area contributed by atoms with E-state index in [0.29, 0.717) is 13.1 Å². The summed E-state index contributed by atoms with van der Waals surface area (Å²) in [5.41, 5.74) is 0. The molecule has 0 saturated heterocycles. The van der Waals surface area contributed by atoms with Crippen molar-refractivity contribution in [3.63, 3.8) is 0 Å². The van der Waals surface area contributed by atoms with Crippen molar-refractivity contribution in [3.8, 4) is 12.3 Å². The molecule has 0 aliphatic carbocycles. The molecule has 0 bridgehead atoms. The second-order valence-corrected chi connectivity index (χ2v) is 2.56. The van der Waals surface area contributed by atoms with Gasteiger partial charge in [-0.15, -0.1) is 16.6 Å². The van der Waals surface area contributed by atoms with Crippen LogP contribution in [0, 0.1) is 12.3 Å². The zero-order chi connectivity index (χ0) is 9.68. The molecule has 1 aromatic heterocycles. The van der Waals surface area contributed by atoms with Gasteiger partial charge in [-0.05, 0) is 0 Å². The first-order valence-corrected chi connectivity index (χ1v) is 3.99. The van der Waals surface area contributed by atoms with Crippen LogP contribution in [0.2, 0.25) is 0 Å². The van der Waals surface area contributed by atoms with Crippen LogP contribution in [0.1, 0.15) is 5.82 Å². The third-order valence-corrected chi connectivity index (χ3v) is 1.70. The number of nitrogens with zero attached hydrogens (tertiary/aromatic N) is 3. The van der Waals surface area contributed by atoms with E-state index in [0.717, 1.165) is 11.8 Å². The van der Waals surface area contributed by atoms with Gasteiger partial charge in [0, 0.05) is 14.1 Å². The Balaban J connectivity index is 2.57. The van der Waals surface area contributed by atoms with Gasteiger partial charge in [-0.2, -0.15) is 0 Å². The molecule has 0 aliphatic rings. The summed E-state index contributed by atoms with van der Waals surface area (Å²) in [7, 11) is 3.71. The summed E-state index contributed by atoms with van der Waals surface area (Å²) in [4.78, 5) is 0. The molecule has 0 fully saturated rings. The average Bonchev–Trinajstić information content (AvgIpc) is 2.48. The zero-order valence-corrected chi connectivity index (χ0v) is 7.83. The van der Waals surface area contributed by atoms with E-state index in [2.05, 4.69) is 26.8 Å². The molecule has 0 amide bonds. The van der Waals surface area contributed by atoms with E-state index < -0.39 is 0 Å². The zero-order valence-electron chi connectivity index (χ0n) is 7.83. The van der Waals surface area contributed by atoms with Gasteiger partial charge in [0.05, 0.1) is 13.1 Å². The standard InChI is InChI=1S/C8H13N5/c1-4-5-10-6-7-11-12-8(9-2)13(7)3/h1,10H,5-6H2,2-3H3,(H,9,12). The molecule has 1 heterocycles.